The molecule has 3 aromatic rings. The van der Waals surface area contributed by atoms with E-state index in [0.29, 0.717) is 12.1 Å². The molecule has 30 heavy (non-hydrogen) atoms. The lowest BCUT2D eigenvalue weighted by molar-refractivity contribution is 0.0983. The van der Waals surface area contributed by atoms with Gasteiger partial charge in [0.1, 0.15) is 0 Å². The summed E-state index contributed by atoms with van der Waals surface area (Å²) in [6.07, 6.45) is 4.10. The van der Waals surface area contributed by atoms with E-state index in [-0.39, 0.29) is 18.3 Å². The molecule has 0 saturated carbocycles. The summed E-state index contributed by atoms with van der Waals surface area (Å²) in [7, 11) is 0. The van der Waals surface area contributed by atoms with Crippen LogP contribution >= 0.6 is 47.3 Å². The zero-order chi connectivity index (χ0) is 20.8. The van der Waals surface area contributed by atoms with E-state index in [0.717, 1.165) is 39.9 Å². The molecular weight excluding hydrogens is 454 g/mol. The lowest BCUT2D eigenvalue weighted by Crippen LogP contribution is -2.38. The largest absolute Gasteiger partial charge is 0.302 e. The molecule has 0 aliphatic rings. The van der Waals surface area contributed by atoms with Crippen molar-refractivity contribution in [2.24, 2.45) is 0 Å². The molecule has 0 spiro atoms. The average molecular weight is 482 g/mol. The third kappa shape index (κ3) is 5.92. The van der Waals surface area contributed by atoms with Crippen molar-refractivity contribution in [2.75, 3.05) is 43.6 Å². The molecule has 0 aliphatic carbocycles. The van der Waals surface area contributed by atoms with Crippen LogP contribution in [0.25, 0.3) is 10.2 Å². The molecule has 0 fully saturated rings. The Morgan fingerprint density at radius 3 is 2.37 bits per heavy atom. The van der Waals surface area contributed by atoms with Gasteiger partial charge in [-0.2, -0.15) is 0 Å². The fraction of sp³-hybridized carbons (Fsp3) is 0.364. The van der Waals surface area contributed by atoms with Gasteiger partial charge in [0.05, 0.1) is 10.2 Å². The van der Waals surface area contributed by atoms with Crippen molar-refractivity contribution < 1.29 is 4.79 Å². The second-order valence-electron chi connectivity index (χ2n) is 6.55. The van der Waals surface area contributed by atoms with Crippen LogP contribution < -0.4 is 4.90 Å². The van der Waals surface area contributed by atoms with Crippen LogP contribution in [-0.2, 0) is 0 Å². The zero-order valence-electron chi connectivity index (χ0n) is 17.8. The van der Waals surface area contributed by atoms with Gasteiger partial charge in [-0.1, -0.05) is 31.3 Å². The molecular formula is C22H28ClN3OS3. The van der Waals surface area contributed by atoms with E-state index < -0.39 is 0 Å². The number of amides is 1. The smallest absolute Gasteiger partial charge is 0.260 e. The number of benzene rings is 2. The second kappa shape index (κ2) is 12.0. The topological polar surface area (TPSA) is 36.4 Å². The minimum atomic E-state index is 0. The first-order valence-corrected chi connectivity index (χ1v) is 13.0. The quantitative estimate of drug-likeness (QED) is 0.342. The summed E-state index contributed by atoms with van der Waals surface area (Å²) in [5.74, 6) is 0.0113. The minimum absolute atomic E-state index is 0. The van der Waals surface area contributed by atoms with Crippen LogP contribution in [0.4, 0.5) is 5.13 Å². The molecule has 0 atom stereocenters. The van der Waals surface area contributed by atoms with Crippen molar-refractivity contribution in [1.82, 2.24) is 9.88 Å². The van der Waals surface area contributed by atoms with Gasteiger partial charge < -0.3 is 4.90 Å². The Hall–Kier alpha value is -1.25. The van der Waals surface area contributed by atoms with Gasteiger partial charge in [0.15, 0.2) is 5.13 Å². The Labute approximate surface area is 197 Å². The number of likely N-dealkylation sites (N-methyl/N-ethyl adjacent to an activating group) is 1. The number of nitrogens with zero attached hydrogens (tertiary/aromatic N) is 3. The summed E-state index contributed by atoms with van der Waals surface area (Å²) in [4.78, 5) is 24.7. The molecule has 1 heterocycles. The number of carbonyl (C=O) groups is 1. The van der Waals surface area contributed by atoms with E-state index >= 15 is 0 Å². The molecule has 0 bridgehead atoms. The SMILES string of the molecule is CCN(CC)CCN(C(=O)c1cccc(SC)c1)c1nc2ccc(SC)cc2s1.Cl. The number of aromatic nitrogens is 1. The zero-order valence-corrected chi connectivity index (χ0v) is 21.0. The van der Waals surface area contributed by atoms with Gasteiger partial charge in [0.25, 0.3) is 5.91 Å². The molecule has 0 radical (unpaired) electrons. The predicted octanol–water partition coefficient (Wildman–Crippen LogP) is 6.15. The van der Waals surface area contributed by atoms with E-state index in [1.165, 1.54) is 4.90 Å². The number of fused-ring (bicyclic) bond motifs is 1. The summed E-state index contributed by atoms with van der Waals surface area (Å²) in [5, 5.41) is 0.768. The molecule has 4 nitrogen and oxygen atoms in total. The maximum Gasteiger partial charge on any atom is 0.260 e. The lowest BCUT2D eigenvalue weighted by atomic mass is 10.2. The van der Waals surface area contributed by atoms with Crippen LogP contribution in [0.3, 0.4) is 0 Å². The third-order valence-electron chi connectivity index (χ3n) is 4.91. The summed E-state index contributed by atoms with van der Waals surface area (Å²) >= 11 is 4.96. The molecule has 0 N–H and O–H groups in total. The summed E-state index contributed by atoms with van der Waals surface area (Å²) in [5.41, 5.74) is 1.65. The first-order valence-electron chi connectivity index (χ1n) is 9.72. The highest BCUT2D eigenvalue weighted by Crippen LogP contribution is 2.32. The maximum absolute atomic E-state index is 13.5. The van der Waals surface area contributed by atoms with Crippen LogP contribution in [0.5, 0.6) is 0 Å². The highest BCUT2D eigenvalue weighted by atomic mass is 35.5. The van der Waals surface area contributed by atoms with Crippen LogP contribution in [0.15, 0.2) is 52.3 Å². The van der Waals surface area contributed by atoms with Gasteiger partial charge >= 0.3 is 0 Å². The highest BCUT2D eigenvalue weighted by Gasteiger charge is 2.22. The standard InChI is InChI=1S/C22H27N3OS3.ClH/c1-5-24(6-2)12-13-25(21(26)16-8-7-9-17(14-16)27-3)22-23-19-11-10-18(28-4)15-20(19)29-22;/h7-11,14-15H,5-6,12-13H2,1-4H3;1H. The van der Waals surface area contributed by atoms with Gasteiger partial charge in [-0.3, -0.25) is 9.69 Å². The molecule has 1 amide bonds. The predicted molar refractivity (Wildman–Crippen MR) is 136 cm³/mol. The van der Waals surface area contributed by atoms with Crippen molar-refractivity contribution in [3.63, 3.8) is 0 Å². The molecule has 162 valence electrons. The van der Waals surface area contributed by atoms with E-state index in [4.69, 9.17) is 4.98 Å². The number of hydrogen-bond donors (Lipinski definition) is 0. The van der Waals surface area contributed by atoms with Gasteiger partial charge in [-0.15, -0.1) is 35.9 Å². The van der Waals surface area contributed by atoms with Crippen LogP contribution in [0.2, 0.25) is 0 Å². The maximum atomic E-state index is 13.5. The fourth-order valence-corrected chi connectivity index (χ4v) is 5.12. The van der Waals surface area contributed by atoms with E-state index in [2.05, 4.69) is 37.1 Å². The number of thioether (sulfide) groups is 2. The van der Waals surface area contributed by atoms with Gasteiger partial charge in [0, 0.05) is 28.4 Å². The fourth-order valence-electron chi connectivity index (χ4n) is 3.11. The van der Waals surface area contributed by atoms with Crippen molar-refractivity contribution in [1.29, 1.82) is 0 Å². The summed E-state index contributed by atoms with van der Waals surface area (Å²) in [6.45, 7) is 7.69. The monoisotopic (exact) mass is 481 g/mol. The van der Waals surface area contributed by atoms with Crippen molar-refractivity contribution in [2.45, 2.75) is 23.6 Å². The van der Waals surface area contributed by atoms with Crippen LogP contribution in [0.1, 0.15) is 24.2 Å². The minimum Gasteiger partial charge on any atom is -0.302 e. The number of halogens is 1. The van der Waals surface area contributed by atoms with Crippen LogP contribution in [-0.4, -0.2) is 54.5 Å². The summed E-state index contributed by atoms with van der Waals surface area (Å²) < 4.78 is 1.12. The molecule has 0 saturated heterocycles. The van der Waals surface area contributed by atoms with Crippen molar-refractivity contribution >= 4 is 68.5 Å². The Morgan fingerprint density at radius 1 is 1.00 bits per heavy atom. The highest BCUT2D eigenvalue weighted by molar-refractivity contribution is 7.98. The lowest BCUT2D eigenvalue weighted by Gasteiger charge is -2.24. The molecule has 0 aliphatic heterocycles. The molecule has 1 aromatic heterocycles. The summed E-state index contributed by atoms with van der Waals surface area (Å²) in [6, 6.07) is 14.1. The number of rotatable bonds is 9. The van der Waals surface area contributed by atoms with Crippen molar-refractivity contribution in [3.05, 3.63) is 48.0 Å². The average Bonchev–Trinajstić information content (AvgIpc) is 3.19. The number of anilines is 1. The Bertz CT molecular complexity index is 975. The Kier molecular flexibility index (Phi) is 9.97. The van der Waals surface area contributed by atoms with Gasteiger partial charge in [-0.25, -0.2) is 4.98 Å². The number of carbonyl (C=O) groups excluding carboxylic acids is 1. The van der Waals surface area contributed by atoms with E-state index in [9.17, 15) is 4.79 Å². The number of hydrogen-bond acceptors (Lipinski definition) is 6. The van der Waals surface area contributed by atoms with Crippen molar-refractivity contribution in [3.8, 4) is 0 Å². The molecule has 8 heteroatoms. The van der Waals surface area contributed by atoms with E-state index in [1.54, 1.807) is 34.9 Å². The molecule has 0 unspecified atom stereocenters. The number of thiazole rings is 1. The first-order chi connectivity index (χ1) is 14.1. The van der Waals surface area contributed by atoms with Gasteiger partial charge in [0.2, 0.25) is 0 Å². The van der Waals surface area contributed by atoms with E-state index in [1.807, 2.05) is 41.5 Å². The molecule has 3 rings (SSSR count). The van der Waals surface area contributed by atoms with Crippen LogP contribution in [0, 0.1) is 0 Å². The second-order valence-corrected chi connectivity index (χ2v) is 9.31. The molecule has 2 aromatic carbocycles. The normalized spacial score (nSPS) is 11.0. The Balaban J connectivity index is 0.00000320. The first kappa shape index (κ1) is 25.0. The third-order valence-corrected chi connectivity index (χ3v) is 7.40. The van der Waals surface area contributed by atoms with Gasteiger partial charge in [-0.05, 0) is 62.0 Å². The Morgan fingerprint density at radius 2 is 1.70 bits per heavy atom.